The molecule has 9 heteroatoms. The van der Waals surface area contributed by atoms with E-state index in [1.165, 1.54) is 0 Å². The number of rotatable bonds is 8. The van der Waals surface area contributed by atoms with Crippen LogP contribution in [0.15, 0.2) is 23.1 Å². The summed E-state index contributed by atoms with van der Waals surface area (Å²) >= 11 is 0. The summed E-state index contributed by atoms with van der Waals surface area (Å²) in [6, 6.07) is 2.54. The van der Waals surface area contributed by atoms with Crippen molar-refractivity contribution in [2.45, 2.75) is 18.7 Å². The average Bonchev–Trinajstić information content (AvgIpc) is 2.42. The molecule has 1 rings (SSSR count). The Morgan fingerprint density at radius 3 is 2.52 bits per heavy atom. The molecule has 0 fully saturated rings. The van der Waals surface area contributed by atoms with Gasteiger partial charge >= 0.3 is 5.69 Å². The summed E-state index contributed by atoms with van der Waals surface area (Å²) in [5.41, 5.74) is -0.758. The summed E-state index contributed by atoms with van der Waals surface area (Å²) in [6.07, 6.45) is 0. The molecule has 0 aliphatic carbocycles. The Balaban J connectivity index is 3.05. The molecule has 21 heavy (non-hydrogen) atoms. The van der Waals surface area contributed by atoms with E-state index >= 15 is 0 Å². The zero-order valence-corrected chi connectivity index (χ0v) is 12.6. The van der Waals surface area contributed by atoms with E-state index in [0.29, 0.717) is 12.7 Å². The molecule has 7 nitrogen and oxygen atoms in total. The molecule has 0 saturated heterocycles. The molecule has 0 radical (unpaired) electrons. The Morgan fingerprint density at radius 2 is 2.05 bits per heavy atom. The standard InChI is InChI=1S/C12H17FN2O5S/c1-3-14(7-8-20-4-2)21(18,19)10-5-6-12(15(16)17)11(13)9-10/h5-6,9H,3-4,7-8H2,1-2H3. The van der Waals surface area contributed by atoms with Gasteiger partial charge in [-0.15, -0.1) is 0 Å². The molecule has 0 aliphatic heterocycles. The summed E-state index contributed by atoms with van der Waals surface area (Å²) in [7, 11) is -3.91. The predicted octanol–water partition coefficient (Wildman–Crippen LogP) is 1.78. The van der Waals surface area contributed by atoms with Crippen LogP contribution in [0.3, 0.4) is 0 Å². The van der Waals surface area contributed by atoms with Gasteiger partial charge in [0.1, 0.15) is 0 Å². The second-order valence-electron chi connectivity index (χ2n) is 4.06. The lowest BCUT2D eigenvalue weighted by atomic mass is 10.3. The number of hydrogen-bond acceptors (Lipinski definition) is 5. The van der Waals surface area contributed by atoms with Crippen LogP contribution >= 0.6 is 0 Å². The van der Waals surface area contributed by atoms with Crippen LogP contribution in [0, 0.1) is 15.9 Å². The number of nitro benzene ring substituents is 1. The van der Waals surface area contributed by atoms with Crippen LogP contribution in [0.2, 0.25) is 0 Å². The Kier molecular flexibility index (Phi) is 6.19. The zero-order chi connectivity index (χ0) is 16.0. The van der Waals surface area contributed by atoms with Crippen LogP contribution in [-0.4, -0.2) is 43.9 Å². The minimum atomic E-state index is -3.91. The van der Waals surface area contributed by atoms with Crippen molar-refractivity contribution >= 4 is 15.7 Å². The molecule has 0 bridgehead atoms. The summed E-state index contributed by atoms with van der Waals surface area (Å²) < 4.78 is 44.4. The second kappa shape index (κ2) is 7.43. The summed E-state index contributed by atoms with van der Waals surface area (Å²) in [5, 5.41) is 10.5. The minimum absolute atomic E-state index is 0.130. The van der Waals surface area contributed by atoms with Crippen LogP contribution in [0.4, 0.5) is 10.1 Å². The Hall–Kier alpha value is -1.58. The maximum absolute atomic E-state index is 13.6. The molecule has 0 amide bonds. The van der Waals surface area contributed by atoms with Gasteiger partial charge in [0.2, 0.25) is 15.8 Å². The average molecular weight is 320 g/mol. The first-order chi connectivity index (χ1) is 9.84. The first-order valence-corrected chi connectivity index (χ1v) is 7.80. The largest absolute Gasteiger partial charge is 0.380 e. The number of likely N-dealkylation sites (N-methyl/N-ethyl adjacent to an activating group) is 1. The molecule has 0 atom stereocenters. The first kappa shape index (κ1) is 17.5. The van der Waals surface area contributed by atoms with Gasteiger partial charge in [-0.2, -0.15) is 8.70 Å². The lowest BCUT2D eigenvalue weighted by Crippen LogP contribution is -2.34. The minimum Gasteiger partial charge on any atom is -0.380 e. The number of sulfonamides is 1. The van der Waals surface area contributed by atoms with E-state index in [1.807, 2.05) is 0 Å². The van der Waals surface area contributed by atoms with Crippen molar-refractivity contribution in [3.8, 4) is 0 Å². The number of nitrogens with zero attached hydrogens (tertiary/aromatic N) is 2. The number of halogens is 1. The zero-order valence-electron chi connectivity index (χ0n) is 11.8. The van der Waals surface area contributed by atoms with E-state index in [2.05, 4.69) is 0 Å². The molecule has 0 unspecified atom stereocenters. The van der Waals surface area contributed by atoms with Crippen LogP contribution in [0.25, 0.3) is 0 Å². The van der Waals surface area contributed by atoms with Crippen molar-refractivity contribution in [2.24, 2.45) is 0 Å². The van der Waals surface area contributed by atoms with E-state index in [9.17, 15) is 22.9 Å². The number of nitro groups is 1. The molecule has 0 heterocycles. The summed E-state index contributed by atoms with van der Waals surface area (Å²) in [5.74, 6) is -1.18. The van der Waals surface area contributed by atoms with Gasteiger partial charge in [0.15, 0.2) is 0 Å². The molecule has 118 valence electrons. The molecule has 1 aromatic carbocycles. The Morgan fingerprint density at radius 1 is 1.38 bits per heavy atom. The molecule has 1 aromatic rings. The fourth-order valence-corrected chi connectivity index (χ4v) is 3.15. The monoisotopic (exact) mass is 320 g/mol. The van der Waals surface area contributed by atoms with E-state index < -0.39 is 26.5 Å². The highest BCUT2D eigenvalue weighted by Gasteiger charge is 2.25. The van der Waals surface area contributed by atoms with Crippen molar-refractivity contribution in [3.63, 3.8) is 0 Å². The Bertz CT molecular complexity index is 606. The highest BCUT2D eigenvalue weighted by atomic mass is 32.2. The maximum Gasteiger partial charge on any atom is 0.304 e. The predicted molar refractivity (Wildman–Crippen MR) is 74.0 cm³/mol. The molecule has 0 saturated carbocycles. The highest BCUT2D eigenvalue weighted by Crippen LogP contribution is 2.23. The molecular formula is C12H17FN2O5S. The van der Waals surface area contributed by atoms with Gasteiger partial charge in [-0.1, -0.05) is 6.92 Å². The number of ether oxygens (including phenoxy) is 1. The van der Waals surface area contributed by atoms with Gasteiger partial charge in [-0.25, -0.2) is 8.42 Å². The third-order valence-electron chi connectivity index (χ3n) is 2.80. The number of hydrogen-bond donors (Lipinski definition) is 0. The number of benzene rings is 1. The molecule has 0 N–H and O–H groups in total. The molecular weight excluding hydrogens is 303 g/mol. The SMILES string of the molecule is CCOCCN(CC)S(=O)(=O)c1ccc([N+](=O)[O-])c(F)c1. The van der Waals surface area contributed by atoms with Crippen LogP contribution in [0.1, 0.15) is 13.8 Å². The lowest BCUT2D eigenvalue weighted by molar-refractivity contribution is -0.387. The quantitative estimate of drug-likeness (QED) is 0.414. The summed E-state index contributed by atoms with van der Waals surface area (Å²) in [6.45, 7) is 4.43. The van der Waals surface area contributed by atoms with Gasteiger partial charge in [0.25, 0.3) is 0 Å². The van der Waals surface area contributed by atoms with Crippen molar-refractivity contribution in [2.75, 3.05) is 26.3 Å². The van der Waals surface area contributed by atoms with Crippen LogP contribution in [0.5, 0.6) is 0 Å². The van der Waals surface area contributed by atoms with Gasteiger partial charge in [0.05, 0.1) is 16.4 Å². The highest BCUT2D eigenvalue weighted by molar-refractivity contribution is 7.89. The molecule has 0 aromatic heterocycles. The molecule has 0 aliphatic rings. The lowest BCUT2D eigenvalue weighted by Gasteiger charge is -2.20. The van der Waals surface area contributed by atoms with Crippen LogP contribution in [-0.2, 0) is 14.8 Å². The molecule has 0 spiro atoms. The summed E-state index contributed by atoms with van der Waals surface area (Å²) in [4.78, 5) is 9.32. The van der Waals surface area contributed by atoms with E-state index in [0.717, 1.165) is 16.4 Å². The van der Waals surface area contributed by atoms with Crippen molar-refractivity contribution in [3.05, 3.63) is 34.1 Å². The van der Waals surface area contributed by atoms with E-state index in [4.69, 9.17) is 4.74 Å². The maximum atomic E-state index is 13.6. The normalized spacial score (nSPS) is 11.8. The fraction of sp³-hybridized carbons (Fsp3) is 0.500. The topological polar surface area (TPSA) is 89.8 Å². The van der Waals surface area contributed by atoms with Crippen molar-refractivity contribution < 1.29 is 22.5 Å². The van der Waals surface area contributed by atoms with Gasteiger partial charge in [0, 0.05) is 31.8 Å². The third-order valence-corrected chi connectivity index (χ3v) is 4.77. The smallest absolute Gasteiger partial charge is 0.304 e. The third kappa shape index (κ3) is 4.19. The fourth-order valence-electron chi connectivity index (χ4n) is 1.70. The van der Waals surface area contributed by atoms with E-state index in [1.54, 1.807) is 13.8 Å². The van der Waals surface area contributed by atoms with Gasteiger partial charge in [-0.3, -0.25) is 10.1 Å². The van der Waals surface area contributed by atoms with Gasteiger partial charge < -0.3 is 4.74 Å². The first-order valence-electron chi connectivity index (χ1n) is 6.36. The second-order valence-corrected chi connectivity index (χ2v) is 6.00. The van der Waals surface area contributed by atoms with Crippen molar-refractivity contribution in [1.29, 1.82) is 0 Å². The van der Waals surface area contributed by atoms with Crippen molar-refractivity contribution in [1.82, 2.24) is 4.31 Å². The van der Waals surface area contributed by atoms with E-state index in [-0.39, 0.29) is 24.6 Å². The van der Waals surface area contributed by atoms with Crippen LogP contribution < -0.4 is 0 Å². The van der Waals surface area contributed by atoms with Gasteiger partial charge in [-0.05, 0) is 13.0 Å². The Labute approximate surface area is 122 Å².